The summed E-state index contributed by atoms with van der Waals surface area (Å²) < 4.78 is 0. The third-order valence-electron chi connectivity index (χ3n) is 6.99. The highest BCUT2D eigenvalue weighted by Gasteiger charge is 2.96. The van der Waals surface area contributed by atoms with Crippen molar-refractivity contribution in [3.8, 4) is 12.1 Å². The second-order valence-corrected chi connectivity index (χ2v) is 7.91. The number of nitrogens with one attached hydrogen (secondary N) is 1. The van der Waals surface area contributed by atoms with Crippen molar-refractivity contribution in [1.82, 2.24) is 5.32 Å². The van der Waals surface area contributed by atoms with E-state index in [9.17, 15) is 15.3 Å². The lowest BCUT2D eigenvalue weighted by atomic mass is 9.63. The molecule has 1 saturated heterocycles. The van der Waals surface area contributed by atoms with E-state index in [1.54, 1.807) is 0 Å². The zero-order chi connectivity index (χ0) is 19.1. The molecule has 5 rings (SSSR count). The van der Waals surface area contributed by atoms with Crippen molar-refractivity contribution in [3.63, 3.8) is 0 Å². The van der Waals surface area contributed by atoms with E-state index < -0.39 is 21.9 Å². The fraction of sp³-hybridized carbons (Fsp3) is 0.261. The lowest BCUT2D eigenvalue weighted by Gasteiger charge is -2.33. The van der Waals surface area contributed by atoms with E-state index in [4.69, 9.17) is 0 Å². The molecule has 2 fully saturated rings. The highest BCUT2D eigenvalue weighted by molar-refractivity contribution is 6.27. The Morgan fingerprint density at radius 1 is 0.741 bits per heavy atom. The lowest BCUT2D eigenvalue weighted by molar-refractivity contribution is -0.128. The maximum Gasteiger partial charge on any atom is 0.159 e. The van der Waals surface area contributed by atoms with Gasteiger partial charge in [-0.25, -0.2) is 0 Å². The number of Topliss-reactive ketones (excluding diaryl/α,β-unsaturated/α-hetero) is 1. The van der Waals surface area contributed by atoms with Gasteiger partial charge in [0.1, 0.15) is 0 Å². The molecule has 2 aromatic rings. The Hall–Kier alpha value is -3.21. The van der Waals surface area contributed by atoms with Crippen molar-refractivity contribution in [3.05, 3.63) is 71.8 Å². The normalized spacial score (nSPS) is 38.3. The zero-order valence-electron chi connectivity index (χ0n) is 15.1. The maximum atomic E-state index is 13.8. The number of ketones is 1. The van der Waals surface area contributed by atoms with Crippen molar-refractivity contribution in [2.24, 2.45) is 10.8 Å². The molecule has 27 heavy (non-hydrogen) atoms. The van der Waals surface area contributed by atoms with E-state index in [-0.39, 0.29) is 5.78 Å². The number of fused-ring (bicyclic) bond motifs is 5. The van der Waals surface area contributed by atoms with Gasteiger partial charge in [-0.2, -0.15) is 10.5 Å². The number of hydrogen-bond acceptors (Lipinski definition) is 4. The fourth-order valence-corrected chi connectivity index (χ4v) is 5.72. The third kappa shape index (κ3) is 1.34. The molecule has 2 aromatic carbocycles. The number of nitrogens with zero attached hydrogens (tertiary/aromatic N) is 2. The van der Waals surface area contributed by atoms with Crippen molar-refractivity contribution in [1.29, 1.82) is 10.5 Å². The van der Waals surface area contributed by atoms with Crippen LogP contribution < -0.4 is 5.32 Å². The van der Waals surface area contributed by atoms with Crippen LogP contribution in [-0.4, -0.2) is 16.9 Å². The Morgan fingerprint density at radius 3 is 1.44 bits per heavy atom. The topological polar surface area (TPSA) is 86.6 Å². The molecular formula is C23H17N3O. The number of piperidine rings is 1. The summed E-state index contributed by atoms with van der Waals surface area (Å²) in [5.74, 6) is -0.0467. The average Bonchev–Trinajstić information content (AvgIpc) is 3.36. The lowest BCUT2D eigenvalue weighted by Crippen LogP contribution is -2.41. The minimum atomic E-state index is -1.19. The molecule has 0 spiro atoms. The van der Waals surface area contributed by atoms with Crippen LogP contribution in [0.1, 0.15) is 25.0 Å². The molecular weight excluding hydrogens is 334 g/mol. The summed E-state index contributed by atoms with van der Waals surface area (Å²) in [5, 5.41) is 23.3. The predicted molar refractivity (Wildman–Crippen MR) is 101 cm³/mol. The van der Waals surface area contributed by atoms with Crippen molar-refractivity contribution in [2.45, 2.75) is 24.9 Å². The van der Waals surface area contributed by atoms with Gasteiger partial charge in [0.15, 0.2) is 16.9 Å². The monoisotopic (exact) mass is 351 g/mol. The van der Waals surface area contributed by atoms with Crippen LogP contribution in [0.4, 0.5) is 0 Å². The van der Waals surface area contributed by atoms with Gasteiger partial charge in [0.2, 0.25) is 0 Å². The molecule has 3 aliphatic rings. The molecule has 2 bridgehead atoms. The van der Waals surface area contributed by atoms with Crippen molar-refractivity contribution >= 4 is 16.9 Å². The first kappa shape index (κ1) is 16.0. The Kier molecular flexibility index (Phi) is 2.69. The van der Waals surface area contributed by atoms with Crippen LogP contribution >= 0.6 is 0 Å². The van der Waals surface area contributed by atoms with Crippen LogP contribution in [0.15, 0.2) is 60.7 Å². The summed E-state index contributed by atoms with van der Waals surface area (Å²) >= 11 is 0. The molecule has 0 unspecified atom stereocenters. The summed E-state index contributed by atoms with van der Waals surface area (Å²) in [5.41, 5.74) is -0.985. The molecule has 1 N–H and O–H groups in total. The Morgan fingerprint density at radius 2 is 1.11 bits per heavy atom. The van der Waals surface area contributed by atoms with Crippen molar-refractivity contribution in [2.75, 3.05) is 0 Å². The number of rotatable bonds is 2. The largest absolute Gasteiger partial charge is 0.297 e. The molecule has 4 heteroatoms. The standard InChI is InChI=1S/C23H17N3O/c1-20-17(15-9-5-3-6-10-15)18(16-11-7-4-8-12-16)21(2,19(20)27)23(14-25)22(20,13-24)26-23/h3-12,26H,1-2H3/t20-,21-,22+,23+/m0/s1. The van der Waals surface area contributed by atoms with Gasteiger partial charge >= 0.3 is 0 Å². The first-order valence-electron chi connectivity index (χ1n) is 8.97. The second-order valence-electron chi connectivity index (χ2n) is 7.91. The minimum absolute atomic E-state index is 0.0467. The van der Waals surface area contributed by atoms with E-state index in [1.165, 1.54) is 0 Å². The van der Waals surface area contributed by atoms with E-state index in [2.05, 4.69) is 17.5 Å². The maximum absolute atomic E-state index is 13.8. The molecule has 0 aromatic heterocycles. The van der Waals surface area contributed by atoms with Crippen LogP contribution in [0.2, 0.25) is 0 Å². The number of hydrogen-bond donors (Lipinski definition) is 1. The molecule has 4 atom stereocenters. The molecule has 4 nitrogen and oxygen atoms in total. The molecule has 2 aliphatic carbocycles. The molecule has 1 saturated carbocycles. The van der Waals surface area contributed by atoms with Gasteiger partial charge in [0.05, 0.1) is 23.0 Å². The Balaban J connectivity index is 1.95. The van der Waals surface area contributed by atoms with Crippen LogP contribution in [0, 0.1) is 33.5 Å². The quantitative estimate of drug-likeness (QED) is 0.841. The van der Waals surface area contributed by atoms with E-state index in [0.717, 1.165) is 22.3 Å². The van der Waals surface area contributed by atoms with Crippen LogP contribution in [0.5, 0.6) is 0 Å². The third-order valence-corrected chi connectivity index (χ3v) is 6.99. The molecule has 0 radical (unpaired) electrons. The van der Waals surface area contributed by atoms with Crippen LogP contribution in [0.25, 0.3) is 11.1 Å². The minimum Gasteiger partial charge on any atom is -0.297 e. The van der Waals surface area contributed by atoms with E-state index in [0.29, 0.717) is 0 Å². The first-order chi connectivity index (χ1) is 12.9. The molecule has 130 valence electrons. The molecule has 0 amide bonds. The van der Waals surface area contributed by atoms with Gasteiger partial charge < -0.3 is 0 Å². The highest BCUT2D eigenvalue weighted by atomic mass is 16.1. The Labute approximate surface area is 157 Å². The second kappa shape index (κ2) is 4.55. The molecule has 1 heterocycles. The number of carbonyl (C=O) groups is 1. The zero-order valence-corrected chi connectivity index (χ0v) is 15.1. The van der Waals surface area contributed by atoms with E-state index >= 15 is 0 Å². The fourth-order valence-electron chi connectivity index (χ4n) is 5.72. The predicted octanol–water partition coefficient (Wildman–Crippen LogP) is 3.33. The van der Waals surface area contributed by atoms with Gasteiger partial charge in [-0.05, 0) is 36.1 Å². The SMILES string of the molecule is C[C@@]12C(=O)[C@](C)(C(c3ccccc3)=C1c1ccccc1)[C@@]1(C#N)N[C@]21C#N. The molecule has 1 aliphatic heterocycles. The summed E-state index contributed by atoms with van der Waals surface area (Å²) in [6.07, 6.45) is 0. The summed E-state index contributed by atoms with van der Waals surface area (Å²) in [6.45, 7) is 3.66. The van der Waals surface area contributed by atoms with Gasteiger partial charge in [0, 0.05) is 0 Å². The number of nitriles is 2. The van der Waals surface area contributed by atoms with Gasteiger partial charge in [0.25, 0.3) is 0 Å². The van der Waals surface area contributed by atoms with Crippen molar-refractivity contribution < 1.29 is 4.79 Å². The summed E-state index contributed by atoms with van der Waals surface area (Å²) in [6, 6.07) is 24.1. The number of benzene rings is 2. The average molecular weight is 351 g/mol. The van der Waals surface area contributed by atoms with Gasteiger partial charge in [-0.3, -0.25) is 10.1 Å². The Bertz CT molecular complexity index is 1040. The first-order valence-corrected chi connectivity index (χ1v) is 8.97. The van der Waals surface area contributed by atoms with Gasteiger partial charge in [-0.15, -0.1) is 0 Å². The van der Waals surface area contributed by atoms with E-state index in [1.807, 2.05) is 74.5 Å². The summed E-state index contributed by atoms with van der Waals surface area (Å²) in [4.78, 5) is 13.8. The highest BCUT2D eigenvalue weighted by Crippen LogP contribution is 2.79. The van der Waals surface area contributed by atoms with Gasteiger partial charge in [-0.1, -0.05) is 60.7 Å². The smallest absolute Gasteiger partial charge is 0.159 e. The summed E-state index contributed by atoms with van der Waals surface area (Å²) in [7, 11) is 0. The van der Waals surface area contributed by atoms with Crippen LogP contribution in [0.3, 0.4) is 0 Å². The number of carbonyl (C=O) groups excluding carboxylic acids is 1. The van der Waals surface area contributed by atoms with Crippen LogP contribution in [-0.2, 0) is 4.79 Å².